The van der Waals surface area contributed by atoms with Crippen LogP contribution in [0.3, 0.4) is 0 Å². The molecule has 2 aromatic rings. The van der Waals surface area contributed by atoms with Gasteiger partial charge >= 0.3 is 0 Å². The smallest absolute Gasteiger partial charge is 0.123 e. The van der Waals surface area contributed by atoms with E-state index in [0.717, 1.165) is 16.0 Å². The van der Waals surface area contributed by atoms with Gasteiger partial charge in [-0.3, -0.25) is 10.8 Å². The molecular formula is C11H12FN3S. The Kier molecular flexibility index (Phi) is 3.28. The van der Waals surface area contributed by atoms with Crippen LogP contribution in [0, 0.1) is 12.7 Å². The minimum absolute atomic E-state index is 0.207. The van der Waals surface area contributed by atoms with Gasteiger partial charge in [-0.1, -0.05) is 6.07 Å². The Hall–Kier alpha value is -1.30. The first kappa shape index (κ1) is 11.2. The molecule has 3 nitrogen and oxygen atoms in total. The van der Waals surface area contributed by atoms with Gasteiger partial charge in [-0.25, -0.2) is 9.82 Å². The van der Waals surface area contributed by atoms with E-state index in [-0.39, 0.29) is 11.9 Å². The Morgan fingerprint density at radius 2 is 2.25 bits per heavy atom. The highest BCUT2D eigenvalue weighted by molar-refractivity contribution is 7.09. The fourth-order valence-corrected chi connectivity index (χ4v) is 2.35. The number of nitrogens with two attached hydrogens (primary N) is 1. The molecule has 0 radical (unpaired) electrons. The molecule has 0 aliphatic rings. The van der Waals surface area contributed by atoms with Crippen molar-refractivity contribution in [1.82, 2.24) is 10.4 Å². The van der Waals surface area contributed by atoms with E-state index in [1.54, 1.807) is 11.7 Å². The predicted octanol–water partition coefficient (Wildman–Crippen LogP) is 2.14. The van der Waals surface area contributed by atoms with Crippen molar-refractivity contribution in [2.75, 3.05) is 0 Å². The van der Waals surface area contributed by atoms with Crippen molar-refractivity contribution < 1.29 is 4.39 Å². The van der Waals surface area contributed by atoms with Gasteiger partial charge in [0, 0.05) is 11.1 Å². The fraction of sp³-hybridized carbons (Fsp3) is 0.182. The molecule has 3 N–H and O–H groups in total. The average molecular weight is 237 g/mol. The van der Waals surface area contributed by atoms with Crippen LogP contribution in [0.5, 0.6) is 0 Å². The standard InChI is InChI=1S/C11H12FN3S/c1-7-2-8(4-9(12)3-7)11(15-13)10-5-14-6-16-10/h2-6,11,15H,13H2,1H3. The minimum Gasteiger partial charge on any atom is -0.271 e. The first-order valence-corrected chi connectivity index (χ1v) is 5.70. The van der Waals surface area contributed by atoms with Gasteiger partial charge in [0.15, 0.2) is 0 Å². The lowest BCUT2D eigenvalue weighted by Crippen LogP contribution is -2.28. The maximum Gasteiger partial charge on any atom is 0.123 e. The molecule has 5 heteroatoms. The molecule has 0 aliphatic heterocycles. The average Bonchev–Trinajstić information content (AvgIpc) is 2.70. The van der Waals surface area contributed by atoms with Crippen molar-refractivity contribution in [3.8, 4) is 0 Å². The molecule has 1 aromatic heterocycles. The summed E-state index contributed by atoms with van der Waals surface area (Å²) in [5, 5.41) is 0. The monoisotopic (exact) mass is 237 g/mol. The second kappa shape index (κ2) is 4.69. The number of nitrogens with one attached hydrogen (secondary N) is 1. The highest BCUT2D eigenvalue weighted by atomic mass is 32.1. The lowest BCUT2D eigenvalue weighted by molar-refractivity contribution is 0.607. The molecule has 84 valence electrons. The first-order valence-electron chi connectivity index (χ1n) is 4.82. The summed E-state index contributed by atoms with van der Waals surface area (Å²) in [5.74, 6) is 5.25. The molecule has 0 saturated carbocycles. The highest BCUT2D eigenvalue weighted by Crippen LogP contribution is 2.25. The largest absolute Gasteiger partial charge is 0.271 e. The van der Waals surface area contributed by atoms with Gasteiger partial charge in [-0.15, -0.1) is 11.3 Å². The zero-order chi connectivity index (χ0) is 11.5. The number of benzene rings is 1. The molecule has 16 heavy (non-hydrogen) atoms. The van der Waals surface area contributed by atoms with E-state index in [1.165, 1.54) is 23.5 Å². The number of hydrazine groups is 1. The molecule has 0 fully saturated rings. The maximum atomic E-state index is 13.3. The summed E-state index contributed by atoms with van der Waals surface area (Å²) in [4.78, 5) is 4.96. The SMILES string of the molecule is Cc1cc(F)cc(C(NN)c2cncs2)c1. The summed E-state index contributed by atoms with van der Waals surface area (Å²) in [7, 11) is 0. The number of aromatic nitrogens is 1. The van der Waals surface area contributed by atoms with Crippen LogP contribution >= 0.6 is 11.3 Å². The van der Waals surface area contributed by atoms with Crippen molar-refractivity contribution in [3.05, 3.63) is 51.7 Å². The minimum atomic E-state index is -0.250. The number of hydrogen-bond donors (Lipinski definition) is 2. The van der Waals surface area contributed by atoms with Crippen LogP contribution in [0.4, 0.5) is 4.39 Å². The summed E-state index contributed by atoms with van der Waals surface area (Å²) in [6.07, 6.45) is 1.73. The second-order valence-electron chi connectivity index (χ2n) is 3.57. The molecule has 1 aromatic carbocycles. The molecule has 1 atom stereocenters. The lowest BCUT2D eigenvalue weighted by Gasteiger charge is -2.14. The lowest BCUT2D eigenvalue weighted by atomic mass is 10.0. The number of halogens is 1. The van der Waals surface area contributed by atoms with Crippen molar-refractivity contribution in [3.63, 3.8) is 0 Å². The Balaban J connectivity index is 2.41. The Labute approximate surface area is 97.1 Å². The molecule has 1 heterocycles. The topological polar surface area (TPSA) is 50.9 Å². The maximum absolute atomic E-state index is 13.3. The van der Waals surface area contributed by atoms with E-state index >= 15 is 0 Å². The zero-order valence-corrected chi connectivity index (χ0v) is 9.59. The molecule has 1 unspecified atom stereocenters. The number of nitrogens with zero attached hydrogens (tertiary/aromatic N) is 1. The van der Waals surface area contributed by atoms with Crippen LogP contribution in [0.2, 0.25) is 0 Å². The van der Waals surface area contributed by atoms with Gasteiger partial charge in [0.05, 0.1) is 11.6 Å². The number of hydrogen-bond acceptors (Lipinski definition) is 4. The van der Waals surface area contributed by atoms with E-state index in [2.05, 4.69) is 10.4 Å². The molecule has 0 amide bonds. The van der Waals surface area contributed by atoms with Gasteiger partial charge in [0.1, 0.15) is 5.82 Å². The Morgan fingerprint density at radius 1 is 1.44 bits per heavy atom. The predicted molar refractivity (Wildman–Crippen MR) is 62.4 cm³/mol. The van der Waals surface area contributed by atoms with Gasteiger partial charge in [0.2, 0.25) is 0 Å². The summed E-state index contributed by atoms with van der Waals surface area (Å²) in [6, 6.07) is 4.68. The summed E-state index contributed by atoms with van der Waals surface area (Å²) < 4.78 is 13.3. The van der Waals surface area contributed by atoms with E-state index in [0.29, 0.717) is 0 Å². The molecular weight excluding hydrogens is 225 g/mol. The number of rotatable bonds is 3. The normalized spacial score (nSPS) is 12.7. The van der Waals surface area contributed by atoms with Crippen molar-refractivity contribution in [2.45, 2.75) is 13.0 Å². The Bertz CT molecular complexity index is 450. The highest BCUT2D eigenvalue weighted by Gasteiger charge is 2.14. The fourth-order valence-electron chi connectivity index (χ4n) is 1.64. The van der Waals surface area contributed by atoms with Crippen LogP contribution in [0.25, 0.3) is 0 Å². The van der Waals surface area contributed by atoms with Crippen molar-refractivity contribution >= 4 is 11.3 Å². The zero-order valence-electron chi connectivity index (χ0n) is 8.77. The Morgan fingerprint density at radius 3 is 2.81 bits per heavy atom. The van der Waals surface area contributed by atoms with Crippen molar-refractivity contribution in [1.29, 1.82) is 0 Å². The molecule has 0 saturated heterocycles. The van der Waals surface area contributed by atoms with E-state index < -0.39 is 0 Å². The summed E-state index contributed by atoms with van der Waals surface area (Å²) in [5.41, 5.74) is 6.09. The number of aryl methyl sites for hydroxylation is 1. The van der Waals surface area contributed by atoms with Gasteiger partial charge < -0.3 is 0 Å². The van der Waals surface area contributed by atoms with Crippen LogP contribution in [-0.4, -0.2) is 4.98 Å². The van der Waals surface area contributed by atoms with Gasteiger partial charge in [-0.05, 0) is 30.2 Å². The van der Waals surface area contributed by atoms with E-state index in [1.807, 2.05) is 13.0 Å². The quantitative estimate of drug-likeness (QED) is 0.635. The van der Waals surface area contributed by atoms with Crippen LogP contribution < -0.4 is 11.3 Å². The van der Waals surface area contributed by atoms with E-state index in [9.17, 15) is 4.39 Å². The van der Waals surface area contributed by atoms with Crippen LogP contribution in [0.15, 0.2) is 29.9 Å². The summed E-state index contributed by atoms with van der Waals surface area (Å²) >= 11 is 1.49. The first-order chi connectivity index (χ1) is 7.70. The molecule has 0 aliphatic carbocycles. The molecule has 2 rings (SSSR count). The third kappa shape index (κ3) is 2.27. The van der Waals surface area contributed by atoms with Gasteiger partial charge in [0.25, 0.3) is 0 Å². The molecule has 0 bridgehead atoms. The van der Waals surface area contributed by atoms with Crippen LogP contribution in [-0.2, 0) is 0 Å². The summed E-state index contributed by atoms with van der Waals surface area (Å²) in [6.45, 7) is 1.85. The number of thiazole rings is 1. The molecule has 0 spiro atoms. The third-order valence-electron chi connectivity index (χ3n) is 2.30. The van der Waals surface area contributed by atoms with Crippen molar-refractivity contribution in [2.24, 2.45) is 5.84 Å². The third-order valence-corrected chi connectivity index (χ3v) is 3.14. The van der Waals surface area contributed by atoms with E-state index in [4.69, 9.17) is 5.84 Å². The van der Waals surface area contributed by atoms with Crippen LogP contribution in [0.1, 0.15) is 22.0 Å². The van der Waals surface area contributed by atoms with Gasteiger partial charge in [-0.2, -0.15) is 0 Å². The second-order valence-corrected chi connectivity index (χ2v) is 4.48.